The van der Waals surface area contributed by atoms with Crippen LogP contribution in [0, 0.1) is 6.92 Å². The highest BCUT2D eigenvalue weighted by atomic mass is 16.1. The highest BCUT2D eigenvalue weighted by Gasteiger charge is 2.11. The summed E-state index contributed by atoms with van der Waals surface area (Å²) in [6.45, 7) is 1.97. The molecule has 0 atom stereocenters. The minimum atomic E-state index is -0.279. The first kappa shape index (κ1) is 16.4. The first-order valence-corrected chi connectivity index (χ1v) is 7.78. The zero-order valence-corrected chi connectivity index (χ0v) is 13.9. The highest BCUT2D eigenvalue weighted by Crippen LogP contribution is 2.15. The molecule has 0 saturated carbocycles. The van der Waals surface area contributed by atoms with Crippen LogP contribution in [0.15, 0.2) is 54.6 Å². The van der Waals surface area contributed by atoms with E-state index >= 15 is 0 Å². The average molecular weight is 334 g/mol. The number of hydrogen-bond donors (Lipinski definition) is 3. The smallest absolute Gasteiger partial charge is 0.258 e. The van der Waals surface area contributed by atoms with E-state index in [0.29, 0.717) is 17.5 Å². The maximum atomic E-state index is 12.3. The fourth-order valence-corrected chi connectivity index (χ4v) is 2.13. The minimum Gasteiger partial charge on any atom is -0.357 e. The third-order valence-electron chi connectivity index (χ3n) is 3.43. The van der Waals surface area contributed by atoms with Crippen LogP contribution in [0.2, 0.25) is 0 Å². The second-order valence-electron chi connectivity index (χ2n) is 5.37. The molecular formula is C18H18N6O. The second kappa shape index (κ2) is 7.39. The van der Waals surface area contributed by atoms with Gasteiger partial charge < -0.3 is 10.6 Å². The number of amides is 1. The highest BCUT2D eigenvalue weighted by molar-refractivity contribution is 6.03. The van der Waals surface area contributed by atoms with Gasteiger partial charge in [-0.25, -0.2) is 0 Å². The van der Waals surface area contributed by atoms with Gasteiger partial charge in [0.15, 0.2) is 0 Å². The van der Waals surface area contributed by atoms with Crippen molar-refractivity contribution >= 4 is 29.4 Å². The van der Waals surface area contributed by atoms with Crippen molar-refractivity contribution in [2.45, 2.75) is 6.92 Å². The number of aromatic nitrogens is 3. The number of carbonyl (C=O) groups excluding carboxylic acids is 1. The van der Waals surface area contributed by atoms with Gasteiger partial charge in [0, 0.05) is 18.3 Å². The van der Waals surface area contributed by atoms with E-state index in [1.807, 2.05) is 49.4 Å². The van der Waals surface area contributed by atoms with Crippen molar-refractivity contribution in [2.24, 2.45) is 0 Å². The van der Waals surface area contributed by atoms with Gasteiger partial charge in [-0.1, -0.05) is 35.9 Å². The Morgan fingerprint density at radius 2 is 1.48 bits per heavy atom. The molecule has 1 heterocycles. The number of rotatable bonds is 5. The van der Waals surface area contributed by atoms with E-state index in [-0.39, 0.29) is 11.9 Å². The predicted molar refractivity (Wildman–Crippen MR) is 98.2 cm³/mol. The number of benzene rings is 2. The topological polar surface area (TPSA) is 91.8 Å². The molecule has 3 aromatic rings. The molecule has 1 aromatic heterocycles. The van der Waals surface area contributed by atoms with Crippen molar-refractivity contribution in [1.29, 1.82) is 0 Å². The predicted octanol–water partition coefficient (Wildman–Crippen LogP) is 3.22. The van der Waals surface area contributed by atoms with Gasteiger partial charge >= 0.3 is 0 Å². The molecule has 126 valence electrons. The average Bonchev–Trinajstić information content (AvgIpc) is 2.63. The van der Waals surface area contributed by atoms with E-state index in [4.69, 9.17) is 0 Å². The number of aryl methyl sites for hydroxylation is 1. The maximum absolute atomic E-state index is 12.3. The largest absolute Gasteiger partial charge is 0.357 e. The summed E-state index contributed by atoms with van der Waals surface area (Å²) >= 11 is 0. The SMILES string of the molecule is CNc1nc(NC(=O)c2ccc(C)cc2)nc(Nc2ccccc2)n1. The summed E-state index contributed by atoms with van der Waals surface area (Å²) in [5, 5.41) is 8.64. The van der Waals surface area contributed by atoms with Gasteiger partial charge in [0.25, 0.3) is 5.91 Å². The van der Waals surface area contributed by atoms with Gasteiger partial charge in [-0.15, -0.1) is 0 Å². The summed E-state index contributed by atoms with van der Waals surface area (Å²) in [5.74, 6) is 0.583. The normalized spacial score (nSPS) is 10.2. The van der Waals surface area contributed by atoms with E-state index < -0.39 is 0 Å². The van der Waals surface area contributed by atoms with E-state index in [0.717, 1.165) is 11.3 Å². The Balaban J connectivity index is 1.82. The third kappa shape index (κ3) is 4.29. The molecule has 2 aromatic carbocycles. The first-order chi connectivity index (χ1) is 12.1. The number of para-hydroxylation sites is 1. The lowest BCUT2D eigenvalue weighted by atomic mass is 10.1. The number of anilines is 4. The summed E-state index contributed by atoms with van der Waals surface area (Å²) in [5.41, 5.74) is 2.46. The molecule has 25 heavy (non-hydrogen) atoms. The molecule has 0 bridgehead atoms. The van der Waals surface area contributed by atoms with Crippen molar-refractivity contribution in [1.82, 2.24) is 15.0 Å². The second-order valence-corrected chi connectivity index (χ2v) is 5.37. The summed E-state index contributed by atoms with van der Waals surface area (Å²) in [4.78, 5) is 25.0. The van der Waals surface area contributed by atoms with E-state index in [9.17, 15) is 4.79 Å². The molecule has 7 heteroatoms. The molecule has 3 N–H and O–H groups in total. The molecule has 3 rings (SSSR count). The Labute approximate surface area is 145 Å². The van der Waals surface area contributed by atoms with Crippen molar-refractivity contribution < 1.29 is 4.79 Å². The molecule has 7 nitrogen and oxygen atoms in total. The molecule has 0 aliphatic carbocycles. The van der Waals surface area contributed by atoms with Gasteiger partial charge in [-0.3, -0.25) is 10.1 Å². The molecule has 1 amide bonds. The van der Waals surface area contributed by atoms with Crippen molar-refractivity contribution in [3.8, 4) is 0 Å². The van der Waals surface area contributed by atoms with Crippen molar-refractivity contribution in [3.63, 3.8) is 0 Å². The maximum Gasteiger partial charge on any atom is 0.258 e. The first-order valence-electron chi connectivity index (χ1n) is 7.78. The fourth-order valence-electron chi connectivity index (χ4n) is 2.13. The molecular weight excluding hydrogens is 316 g/mol. The minimum absolute atomic E-state index is 0.170. The number of hydrogen-bond acceptors (Lipinski definition) is 6. The van der Waals surface area contributed by atoms with Crippen LogP contribution in [-0.4, -0.2) is 27.9 Å². The Bertz CT molecular complexity index is 864. The molecule has 0 saturated heterocycles. The molecule has 0 aliphatic heterocycles. The summed E-state index contributed by atoms with van der Waals surface area (Å²) < 4.78 is 0. The van der Waals surface area contributed by atoms with Crippen LogP contribution in [0.3, 0.4) is 0 Å². The van der Waals surface area contributed by atoms with Crippen LogP contribution < -0.4 is 16.0 Å². The van der Waals surface area contributed by atoms with Gasteiger partial charge in [0.2, 0.25) is 17.8 Å². The van der Waals surface area contributed by atoms with Crippen LogP contribution in [0.25, 0.3) is 0 Å². The number of carbonyl (C=O) groups is 1. The fraction of sp³-hybridized carbons (Fsp3) is 0.111. The van der Waals surface area contributed by atoms with Crippen LogP contribution in [0.5, 0.6) is 0 Å². The Morgan fingerprint density at radius 3 is 2.16 bits per heavy atom. The van der Waals surface area contributed by atoms with Gasteiger partial charge in [0.1, 0.15) is 0 Å². The van der Waals surface area contributed by atoms with Crippen LogP contribution in [0.1, 0.15) is 15.9 Å². The van der Waals surface area contributed by atoms with Gasteiger partial charge in [0.05, 0.1) is 0 Å². The summed E-state index contributed by atoms with van der Waals surface area (Å²) in [6, 6.07) is 16.8. The number of nitrogens with zero attached hydrogens (tertiary/aromatic N) is 3. The molecule has 0 radical (unpaired) electrons. The van der Waals surface area contributed by atoms with Crippen molar-refractivity contribution in [3.05, 3.63) is 65.7 Å². The lowest BCUT2D eigenvalue weighted by Gasteiger charge is -2.09. The zero-order valence-electron chi connectivity index (χ0n) is 13.9. The molecule has 0 aliphatic rings. The van der Waals surface area contributed by atoms with E-state index in [1.54, 1.807) is 19.2 Å². The standard InChI is InChI=1S/C18H18N6O/c1-12-8-10-13(11-9-12)15(25)21-18-23-16(19-2)22-17(24-18)20-14-6-4-3-5-7-14/h3-11H,1-2H3,(H3,19,20,21,22,23,24,25). The van der Waals surface area contributed by atoms with Crippen molar-refractivity contribution in [2.75, 3.05) is 23.0 Å². The van der Waals surface area contributed by atoms with Gasteiger partial charge in [-0.05, 0) is 31.2 Å². The Hall–Kier alpha value is -3.48. The van der Waals surface area contributed by atoms with Gasteiger partial charge in [-0.2, -0.15) is 15.0 Å². The summed E-state index contributed by atoms with van der Waals surface area (Å²) in [7, 11) is 1.70. The monoisotopic (exact) mass is 334 g/mol. The van der Waals surface area contributed by atoms with Crippen LogP contribution in [0.4, 0.5) is 23.5 Å². The Kier molecular flexibility index (Phi) is 4.84. The lowest BCUT2D eigenvalue weighted by Crippen LogP contribution is -2.16. The van der Waals surface area contributed by atoms with E-state index in [2.05, 4.69) is 30.9 Å². The molecule has 0 spiro atoms. The number of nitrogens with one attached hydrogen (secondary N) is 3. The van der Waals surface area contributed by atoms with Crippen LogP contribution in [-0.2, 0) is 0 Å². The third-order valence-corrected chi connectivity index (χ3v) is 3.43. The Morgan fingerprint density at radius 1 is 0.840 bits per heavy atom. The van der Waals surface area contributed by atoms with Crippen LogP contribution >= 0.6 is 0 Å². The lowest BCUT2D eigenvalue weighted by molar-refractivity contribution is 0.102. The quantitative estimate of drug-likeness (QED) is 0.663. The zero-order chi connectivity index (χ0) is 17.6. The van der Waals surface area contributed by atoms with E-state index in [1.165, 1.54) is 0 Å². The summed E-state index contributed by atoms with van der Waals surface area (Å²) in [6.07, 6.45) is 0. The molecule has 0 unspecified atom stereocenters. The molecule has 0 fully saturated rings.